The molecule has 0 bridgehead atoms. The average molecular weight is 647 g/mol. The zero-order valence-corrected chi connectivity index (χ0v) is 27.3. The standard InChI is InChI=1S/C30H34N2O8S3/c1-19-7-10-24(11-8-19)42(34,35)14-13-39-28(33)30(4,5)18-40-23-15-20(2)27(21(3)16-23)43(36,37)32-26-12-9-22(38-6)17-25(26)31-29(32)41/h7-12,15-17H,13-14,18H2,1-6H3,(H,31,41). The first-order valence-corrected chi connectivity index (χ1v) is 16.8. The van der Waals surface area contributed by atoms with Crippen molar-refractivity contribution in [3.63, 3.8) is 0 Å². The van der Waals surface area contributed by atoms with Crippen LogP contribution in [-0.2, 0) is 29.4 Å². The number of sulfone groups is 1. The Morgan fingerprint density at radius 2 is 1.56 bits per heavy atom. The van der Waals surface area contributed by atoms with E-state index in [1.165, 1.54) is 19.2 Å². The Morgan fingerprint density at radius 1 is 0.930 bits per heavy atom. The molecule has 0 aliphatic heterocycles. The summed E-state index contributed by atoms with van der Waals surface area (Å²) in [5.74, 6) is -0.0658. The van der Waals surface area contributed by atoms with Crippen molar-refractivity contribution in [3.8, 4) is 11.5 Å². The second kappa shape index (κ2) is 12.2. The van der Waals surface area contributed by atoms with E-state index >= 15 is 0 Å². The molecular formula is C30H34N2O8S3. The summed E-state index contributed by atoms with van der Waals surface area (Å²) in [6, 6.07) is 14.5. The monoisotopic (exact) mass is 646 g/mol. The minimum absolute atomic E-state index is 0.00862. The van der Waals surface area contributed by atoms with E-state index in [2.05, 4.69) is 17.6 Å². The molecule has 0 fully saturated rings. The van der Waals surface area contributed by atoms with Crippen LogP contribution in [0.4, 0.5) is 0 Å². The maximum atomic E-state index is 13.8. The Hall–Kier alpha value is -3.55. The number of fused-ring (bicyclic) bond motifs is 1. The highest BCUT2D eigenvalue weighted by molar-refractivity contribution is 7.91. The van der Waals surface area contributed by atoms with Crippen molar-refractivity contribution in [3.05, 3.63) is 71.3 Å². The smallest absolute Gasteiger partial charge is 0.315 e. The molecule has 13 heteroatoms. The number of rotatable bonds is 11. The molecule has 10 nitrogen and oxygen atoms in total. The normalized spacial score (nSPS) is 12.3. The number of benzene rings is 3. The lowest BCUT2D eigenvalue weighted by Crippen LogP contribution is -2.34. The fourth-order valence-electron chi connectivity index (χ4n) is 4.51. The number of hydrogen-bond acceptors (Lipinski definition) is 10. The number of aryl methyl sites for hydroxylation is 3. The Labute approximate surface area is 257 Å². The molecular weight excluding hydrogens is 613 g/mol. The van der Waals surface area contributed by atoms with E-state index in [4.69, 9.17) is 14.2 Å². The predicted octanol–water partition coefficient (Wildman–Crippen LogP) is 4.92. The van der Waals surface area contributed by atoms with Gasteiger partial charge in [-0.3, -0.25) is 4.79 Å². The van der Waals surface area contributed by atoms with Crippen LogP contribution in [0.1, 0.15) is 30.5 Å². The molecule has 1 heterocycles. The molecule has 0 amide bonds. The summed E-state index contributed by atoms with van der Waals surface area (Å²) in [6.45, 7) is 8.02. The van der Waals surface area contributed by atoms with Gasteiger partial charge in [0.25, 0.3) is 10.0 Å². The van der Waals surface area contributed by atoms with E-state index < -0.39 is 31.2 Å². The second-order valence-electron chi connectivity index (χ2n) is 10.9. The molecule has 0 atom stereocenters. The Balaban J connectivity index is 1.46. The number of ether oxygens (including phenoxy) is 3. The van der Waals surface area contributed by atoms with Gasteiger partial charge in [-0.2, -0.15) is 0 Å². The average Bonchev–Trinajstić information content (AvgIpc) is 3.27. The third-order valence-corrected chi connectivity index (χ3v) is 11.0. The van der Waals surface area contributed by atoms with Crippen LogP contribution in [0.3, 0.4) is 0 Å². The Morgan fingerprint density at radius 3 is 2.16 bits per heavy atom. The lowest BCUT2D eigenvalue weighted by atomic mass is 9.95. The summed E-state index contributed by atoms with van der Waals surface area (Å²) >= 11 is 4.33. The van der Waals surface area contributed by atoms with Gasteiger partial charge >= 0.3 is 5.97 Å². The summed E-state index contributed by atoms with van der Waals surface area (Å²) in [5.41, 5.74) is 1.47. The van der Waals surface area contributed by atoms with E-state index in [9.17, 15) is 21.6 Å². The highest BCUT2D eigenvalue weighted by atomic mass is 32.2. The topological polar surface area (TPSA) is 131 Å². The molecule has 0 aliphatic rings. The number of imidazole rings is 1. The quantitative estimate of drug-likeness (QED) is 0.178. The van der Waals surface area contributed by atoms with E-state index in [0.29, 0.717) is 33.7 Å². The van der Waals surface area contributed by atoms with E-state index in [0.717, 1.165) is 9.54 Å². The molecule has 43 heavy (non-hydrogen) atoms. The first-order chi connectivity index (χ1) is 20.1. The van der Waals surface area contributed by atoms with Gasteiger partial charge < -0.3 is 14.2 Å². The van der Waals surface area contributed by atoms with Crippen LogP contribution in [0.5, 0.6) is 11.5 Å². The minimum atomic E-state index is -4.09. The van der Waals surface area contributed by atoms with Crippen molar-refractivity contribution >= 4 is 49.5 Å². The molecule has 0 unspecified atom stereocenters. The molecule has 1 aromatic heterocycles. The van der Waals surface area contributed by atoms with Crippen molar-refractivity contribution in [2.45, 2.75) is 49.6 Å². The van der Waals surface area contributed by atoms with Gasteiger partial charge in [-0.15, -0.1) is 12.6 Å². The molecule has 0 saturated heterocycles. The number of hydrogen-bond donors (Lipinski definition) is 1. The number of carbonyl (C=O) groups excluding carboxylic acids is 1. The van der Waals surface area contributed by atoms with E-state index in [1.807, 2.05) is 6.92 Å². The van der Waals surface area contributed by atoms with Crippen molar-refractivity contribution in [2.75, 3.05) is 26.1 Å². The van der Waals surface area contributed by atoms with Crippen LogP contribution in [0.25, 0.3) is 11.0 Å². The van der Waals surface area contributed by atoms with Crippen molar-refractivity contribution in [1.82, 2.24) is 8.96 Å². The van der Waals surface area contributed by atoms with Crippen LogP contribution in [0.15, 0.2) is 69.5 Å². The zero-order chi connectivity index (χ0) is 31.7. The lowest BCUT2D eigenvalue weighted by molar-refractivity contribution is -0.154. The molecule has 0 saturated carbocycles. The molecule has 0 aliphatic carbocycles. The van der Waals surface area contributed by atoms with Gasteiger partial charge in [-0.05, 0) is 82.1 Å². The maximum Gasteiger partial charge on any atom is 0.315 e. The van der Waals surface area contributed by atoms with Crippen LogP contribution in [0, 0.1) is 26.2 Å². The van der Waals surface area contributed by atoms with Crippen LogP contribution < -0.4 is 9.47 Å². The number of aromatic nitrogens is 2. The number of esters is 1. The van der Waals surface area contributed by atoms with Crippen molar-refractivity contribution < 1.29 is 35.8 Å². The van der Waals surface area contributed by atoms with Crippen molar-refractivity contribution in [2.24, 2.45) is 5.41 Å². The summed E-state index contributed by atoms with van der Waals surface area (Å²) < 4.78 is 70.2. The van der Waals surface area contributed by atoms with Crippen LogP contribution in [-0.4, -0.2) is 57.8 Å². The van der Waals surface area contributed by atoms with Crippen molar-refractivity contribution in [1.29, 1.82) is 0 Å². The first-order valence-electron chi connectivity index (χ1n) is 13.3. The van der Waals surface area contributed by atoms with Gasteiger partial charge in [0.1, 0.15) is 24.7 Å². The molecule has 4 rings (SSSR count). The zero-order valence-electron chi connectivity index (χ0n) is 24.7. The molecule has 0 N–H and O–H groups in total. The predicted molar refractivity (Wildman–Crippen MR) is 166 cm³/mol. The maximum absolute atomic E-state index is 13.8. The number of methoxy groups -OCH3 is 1. The third-order valence-electron chi connectivity index (χ3n) is 6.85. The molecule has 4 aromatic rings. The molecule has 230 valence electrons. The SMILES string of the molecule is COc1ccc2c(c1)nc(S)n2S(=O)(=O)c1c(C)cc(OCC(C)(C)C(=O)OCCS(=O)(=O)c2ccc(C)cc2)cc1C. The van der Waals surface area contributed by atoms with Gasteiger partial charge in [0.2, 0.25) is 0 Å². The summed E-state index contributed by atoms with van der Waals surface area (Å²) in [5, 5.41) is 0.00862. The van der Waals surface area contributed by atoms with E-state index in [-0.39, 0.29) is 33.9 Å². The number of carbonyl (C=O) groups is 1. The Kier molecular flexibility index (Phi) is 9.19. The number of nitrogens with zero attached hydrogens (tertiary/aromatic N) is 2. The molecule has 3 aromatic carbocycles. The van der Waals surface area contributed by atoms with Crippen LogP contribution >= 0.6 is 12.6 Å². The molecule has 0 spiro atoms. The second-order valence-corrected chi connectivity index (χ2v) is 15.1. The lowest BCUT2D eigenvalue weighted by Gasteiger charge is -2.23. The summed E-state index contributed by atoms with van der Waals surface area (Å²) in [7, 11) is -6.19. The summed E-state index contributed by atoms with van der Waals surface area (Å²) in [4.78, 5) is 17.3. The van der Waals surface area contributed by atoms with E-state index in [1.54, 1.807) is 70.2 Å². The van der Waals surface area contributed by atoms with Gasteiger partial charge in [0, 0.05) is 6.07 Å². The highest BCUT2D eigenvalue weighted by Gasteiger charge is 2.32. The summed E-state index contributed by atoms with van der Waals surface area (Å²) in [6.07, 6.45) is 0. The van der Waals surface area contributed by atoms with Crippen LogP contribution in [0.2, 0.25) is 0 Å². The van der Waals surface area contributed by atoms with Gasteiger partial charge in [0.15, 0.2) is 15.0 Å². The Bertz CT molecular complexity index is 1870. The fraction of sp³-hybridized carbons (Fsp3) is 0.333. The minimum Gasteiger partial charge on any atom is -0.497 e. The van der Waals surface area contributed by atoms with Gasteiger partial charge in [0.05, 0.1) is 39.1 Å². The third kappa shape index (κ3) is 6.84. The van der Waals surface area contributed by atoms with Gasteiger partial charge in [-0.25, -0.2) is 25.8 Å². The first kappa shape index (κ1) is 32.4. The van der Waals surface area contributed by atoms with Gasteiger partial charge in [-0.1, -0.05) is 17.7 Å². The largest absolute Gasteiger partial charge is 0.497 e. The fourth-order valence-corrected chi connectivity index (χ4v) is 7.92. The molecule has 0 radical (unpaired) electrons. The number of thiol groups is 1. The highest BCUT2D eigenvalue weighted by Crippen LogP contribution is 2.33.